The number of hydrogen-bond acceptors (Lipinski definition) is 2. The molecule has 1 rings (SSSR count). The van der Waals surface area contributed by atoms with Gasteiger partial charge in [0.1, 0.15) is 5.75 Å². The number of rotatable bonds is 3. The monoisotopic (exact) mass is 235 g/mol. The first-order valence-electron chi connectivity index (χ1n) is 5.76. The van der Waals surface area contributed by atoms with E-state index in [-0.39, 0.29) is 11.3 Å². The molecule has 0 bridgehead atoms. The first kappa shape index (κ1) is 13.6. The Morgan fingerprint density at radius 3 is 2.47 bits per heavy atom. The molecule has 0 aliphatic heterocycles. The van der Waals surface area contributed by atoms with E-state index in [1.165, 1.54) is 5.56 Å². The standard InChI is InChI=1S/C14H21NO2/c1-14(2,3)11-7-6-10(8-13(16)15-4)12(9-11)17-5/h6-7,9H,8H2,1-5H3,(H,15,16). The predicted molar refractivity (Wildman–Crippen MR) is 69.5 cm³/mol. The SMILES string of the molecule is CNC(=O)Cc1ccc(C(C)(C)C)cc1OC. The third-order valence-electron chi connectivity index (χ3n) is 2.78. The van der Waals surface area contributed by atoms with Gasteiger partial charge in [-0.25, -0.2) is 0 Å². The second-order valence-corrected chi connectivity index (χ2v) is 5.13. The van der Waals surface area contributed by atoms with E-state index in [1.807, 2.05) is 12.1 Å². The van der Waals surface area contributed by atoms with Crippen molar-refractivity contribution < 1.29 is 9.53 Å². The predicted octanol–water partition coefficient (Wildman–Crippen LogP) is 2.28. The summed E-state index contributed by atoms with van der Waals surface area (Å²) in [6.07, 6.45) is 0.351. The van der Waals surface area contributed by atoms with Crippen LogP contribution < -0.4 is 10.1 Å². The van der Waals surface area contributed by atoms with Crippen molar-refractivity contribution >= 4 is 5.91 Å². The minimum Gasteiger partial charge on any atom is -0.496 e. The number of carbonyl (C=O) groups is 1. The zero-order valence-corrected chi connectivity index (χ0v) is 11.3. The van der Waals surface area contributed by atoms with Crippen LogP contribution in [0.15, 0.2) is 18.2 Å². The topological polar surface area (TPSA) is 38.3 Å². The number of carbonyl (C=O) groups excluding carboxylic acids is 1. The fourth-order valence-corrected chi connectivity index (χ4v) is 1.62. The maximum absolute atomic E-state index is 11.4. The maximum atomic E-state index is 11.4. The van der Waals surface area contributed by atoms with Crippen molar-refractivity contribution in [1.29, 1.82) is 0 Å². The summed E-state index contributed by atoms with van der Waals surface area (Å²) in [4.78, 5) is 11.4. The lowest BCUT2D eigenvalue weighted by Gasteiger charge is -2.20. The third kappa shape index (κ3) is 3.48. The third-order valence-corrected chi connectivity index (χ3v) is 2.78. The Morgan fingerprint density at radius 1 is 1.35 bits per heavy atom. The summed E-state index contributed by atoms with van der Waals surface area (Å²) in [5.74, 6) is 0.771. The van der Waals surface area contributed by atoms with Gasteiger partial charge in [-0.3, -0.25) is 4.79 Å². The van der Waals surface area contributed by atoms with Crippen molar-refractivity contribution in [2.75, 3.05) is 14.2 Å². The van der Waals surface area contributed by atoms with Gasteiger partial charge in [0.05, 0.1) is 13.5 Å². The van der Waals surface area contributed by atoms with E-state index in [4.69, 9.17) is 4.74 Å². The molecule has 0 saturated carbocycles. The Bertz CT molecular complexity index is 405. The summed E-state index contributed by atoms with van der Waals surface area (Å²) >= 11 is 0. The average molecular weight is 235 g/mol. The molecule has 0 heterocycles. The van der Waals surface area contributed by atoms with Gasteiger partial charge in [0.15, 0.2) is 0 Å². The highest BCUT2D eigenvalue weighted by molar-refractivity contribution is 5.79. The number of likely N-dealkylation sites (N-methyl/N-ethyl adjacent to an activating group) is 1. The fraction of sp³-hybridized carbons (Fsp3) is 0.500. The highest BCUT2D eigenvalue weighted by Crippen LogP contribution is 2.28. The summed E-state index contributed by atoms with van der Waals surface area (Å²) in [6.45, 7) is 6.46. The van der Waals surface area contributed by atoms with E-state index < -0.39 is 0 Å². The Kier molecular flexibility index (Phi) is 4.16. The van der Waals surface area contributed by atoms with Crippen molar-refractivity contribution in [3.05, 3.63) is 29.3 Å². The van der Waals surface area contributed by atoms with Crippen LogP contribution >= 0.6 is 0 Å². The van der Waals surface area contributed by atoms with E-state index >= 15 is 0 Å². The number of amides is 1. The second-order valence-electron chi connectivity index (χ2n) is 5.13. The summed E-state index contributed by atoms with van der Waals surface area (Å²) in [5, 5.41) is 2.62. The molecule has 0 saturated heterocycles. The van der Waals surface area contributed by atoms with Crippen LogP contribution in [0.4, 0.5) is 0 Å². The molecule has 3 nitrogen and oxygen atoms in total. The lowest BCUT2D eigenvalue weighted by atomic mass is 9.86. The highest BCUT2D eigenvalue weighted by Gasteiger charge is 2.16. The molecule has 0 radical (unpaired) electrons. The van der Waals surface area contributed by atoms with Crippen LogP contribution in [0.1, 0.15) is 31.9 Å². The Labute approximate surface area is 103 Å². The Balaban J connectivity index is 3.06. The lowest BCUT2D eigenvalue weighted by molar-refractivity contribution is -0.119. The van der Waals surface area contributed by atoms with Gasteiger partial charge >= 0.3 is 0 Å². The van der Waals surface area contributed by atoms with Crippen LogP contribution in [0.25, 0.3) is 0 Å². The number of methoxy groups -OCH3 is 1. The summed E-state index contributed by atoms with van der Waals surface area (Å²) in [7, 11) is 3.27. The molecular weight excluding hydrogens is 214 g/mol. The summed E-state index contributed by atoms with van der Waals surface area (Å²) < 4.78 is 5.35. The molecule has 1 aromatic carbocycles. The van der Waals surface area contributed by atoms with Gasteiger partial charge < -0.3 is 10.1 Å². The van der Waals surface area contributed by atoms with Crippen LogP contribution in [0, 0.1) is 0 Å². The first-order chi connectivity index (χ1) is 7.88. The van der Waals surface area contributed by atoms with Gasteiger partial charge in [-0.15, -0.1) is 0 Å². The van der Waals surface area contributed by atoms with E-state index in [9.17, 15) is 4.79 Å². The normalized spacial score (nSPS) is 11.1. The number of benzene rings is 1. The molecule has 0 aliphatic carbocycles. The van der Waals surface area contributed by atoms with E-state index in [0.29, 0.717) is 6.42 Å². The molecule has 0 spiro atoms. The molecule has 0 aliphatic rings. The van der Waals surface area contributed by atoms with Gasteiger partial charge in [-0.2, -0.15) is 0 Å². The zero-order chi connectivity index (χ0) is 13.1. The summed E-state index contributed by atoms with van der Waals surface area (Å²) in [5.41, 5.74) is 2.20. The molecule has 1 N–H and O–H groups in total. The highest BCUT2D eigenvalue weighted by atomic mass is 16.5. The van der Waals surface area contributed by atoms with E-state index in [2.05, 4.69) is 32.2 Å². The Morgan fingerprint density at radius 2 is 2.00 bits per heavy atom. The van der Waals surface area contributed by atoms with Crippen LogP contribution in [0.2, 0.25) is 0 Å². The maximum Gasteiger partial charge on any atom is 0.224 e. The van der Waals surface area contributed by atoms with Crippen LogP contribution in [0.3, 0.4) is 0 Å². The Hall–Kier alpha value is -1.51. The largest absolute Gasteiger partial charge is 0.496 e. The fourth-order valence-electron chi connectivity index (χ4n) is 1.62. The van der Waals surface area contributed by atoms with Crippen LogP contribution in [0.5, 0.6) is 5.75 Å². The lowest BCUT2D eigenvalue weighted by Crippen LogP contribution is -2.20. The van der Waals surface area contributed by atoms with E-state index in [1.54, 1.807) is 14.2 Å². The molecule has 1 aromatic rings. The molecule has 0 aromatic heterocycles. The van der Waals surface area contributed by atoms with Gasteiger partial charge in [0.25, 0.3) is 0 Å². The van der Waals surface area contributed by atoms with E-state index in [0.717, 1.165) is 11.3 Å². The molecule has 0 fully saturated rings. The van der Waals surface area contributed by atoms with Gasteiger partial charge in [-0.1, -0.05) is 32.9 Å². The van der Waals surface area contributed by atoms with Crippen molar-refractivity contribution in [1.82, 2.24) is 5.32 Å². The minimum absolute atomic E-state index is 0.00758. The van der Waals surface area contributed by atoms with Gasteiger partial charge in [-0.05, 0) is 17.0 Å². The molecule has 94 valence electrons. The molecule has 0 unspecified atom stereocenters. The van der Waals surface area contributed by atoms with Crippen molar-refractivity contribution in [2.24, 2.45) is 0 Å². The van der Waals surface area contributed by atoms with Gasteiger partial charge in [0, 0.05) is 12.6 Å². The zero-order valence-electron chi connectivity index (χ0n) is 11.3. The molecule has 1 amide bonds. The minimum atomic E-state index is -0.00758. The number of nitrogens with one attached hydrogen (secondary N) is 1. The molecule has 3 heteroatoms. The molecular formula is C14H21NO2. The van der Waals surface area contributed by atoms with Crippen molar-refractivity contribution in [3.63, 3.8) is 0 Å². The van der Waals surface area contributed by atoms with Crippen LogP contribution in [-0.2, 0) is 16.6 Å². The second kappa shape index (κ2) is 5.21. The quantitative estimate of drug-likeness (QED) is 0.873. The average Bonchev–Trinajstić information content (AvgIpc) is 2.27. The van der Waals surface area contributed by atoms with Crippen molar-refractivity contribution in [2.45, 2.75) is 32.6 Å². The number of hydrogen-bond donors (Lipinski definition) is 1. The van der Waals surface area contributed by atoms with Crippen molar-refractivity contribution in [3.8, 4) is 5.75 Å². The van der Waals surface area contributed by atoms with Crippen LogP contribution in [-0.4, -0.2) is 20.1 Å². The molecule has 0 atom stereocenters. The van der Waals surface area contributed by atoms with Gasteiger partial charge in [0.2, 0.25) is 5.91 Å². The smallest absolute Gasteiger partial charge is 0.224 e. The summed E-state index contributed by atoms with van der Waals surface area (Å²) in [6, 6.07) is 6.04. The number of ether oxygens (including phenoxy) is 1. The molecule has 17 heavy (non-hydrogen) atoms. The first-order valence-corrected chi connectivity index (χ1v) is 5.76.